The number of thioether (sulfide) groups is 1. The first kappa shape index (κ1) is 9.81. The monoisotopic (exact) mass is 200 g/mol. The lowest BCUT2D eigenvalue weighted by Gasteiger charge is -2.35. The smallest absolute Gasteiger partial charge is 0.0193 e. The standard InChI is InChI=1S/C10H20N2S/c1-9-6-11-3-4-12(9)7-10-2-5-13-8-10/h9-11H,2-8H2,1H3/t9-,10?/m1/s1. The van der Waals surface area contributed by atoms with Gasteiger partial charge in [-0.2, -0.15) is 11.8 Å². The summed E-state index contributed by atoms with van der Waals surface area (Å²) in [6.45, 7) is 7.30. The van der Waals surface area contributed by atoms with Gasteiger partial charge in [0.2, 0.25) is 0 Å². The minimum atomic E-state index is 0.749. The van der Waals surface area contributed by atoms with Gasteiger partial charge in [0.15, 0.2) is 0 Å². The van der Waals surface area contributed by atoms with E-state index in [2.05, 4.69) is 28.9 Å². The van der Waals surface area contributed by atoms with Crippen LogP contribution in [0.25, 0.3) is 0 Å². The van der Waals surface area contributed by atoms with Crippen LogP contribution in [0.1, 0.15) is 13.3 Å². The summed E-state index contributed by atoms with van der Waals surface area (Å²) in [5, 5.41) is 3.44. The molecule has 76 valence electrons. The zero-order valence-electron chi connectivity index (χ0n) is 8.46. The Hall–Kier alpha value is 0.270. The molecule has 2 fully saturated rings. The van der Waals surface area contributed by atoms with Gasteiger partial charge >= 0.3 is 0 Å². The van der Waals surface area contributed by atoms with Crippen LogP contribution < -0.4 is 5.32 Å². The third kappa shape index (κ3) is 2.61. The van der Waals surface area contributed by atoms with Crippen molar-refractivity contribution in [2.45, 2.75) is 19.4 Å². The number of nitrogens with one attached hydrogen (secondary N) is 1. The van der Waals surface area contributed by atoms with Crippen LogP contribution in [0.4, 0.5) is 0 Å². The second-order valence-electron chi connectivity index (χ2n) is 4.28. The Morgan fingerprint density at radius 1 is 1.54 bits per heavy atom. The van der Waals surface area contributed by atoms with Gasteiger partial charge in [-0.25, -0.2) is 0 Å². The van der Waals surface area contributed by atoms with Gasteiger partial charge in [0.05, 0.1) is 0 Å². The fourth-order valence-electron chi connectivity index (χ4n) is 2.21. The molecule has 0 aromatic heterocycles. The third-order valence-electron chi connectivity index (χ3n) is 3.16. The molecule has 0 spiro atoms. The lowest BCUT2D eigenvalue weighted by molar-refractivity contribution is 0.153. The average Bonchev–Trinajstić information content (AvgIpc) is 2.61. The Labute approximate surface area is 85.4 Å². The van der Waals surface area contributed by atoms with E-state index in [9.17, 15) is 0 Å². The summed E-state index contributed by atoms with van der Waals surface area (Å²) in [6.07, 6.45) is 1.45. The van der Waals surface area contributed by atoms with Crippen LogP contribution in [0.2, 0.25) is 0 Å². The van der Waals surface area contributed by atoms with Gasteiger partial charge in [0.1, 0.15) is 0 Å². The molecule has 2 saturated heterocycles. The lowest BCUT2D eigenvalue weighted by Crippen LogP contribution is -2.51. The molecule has 0 radical (unpaired) electrons. The first-order valence-electron chi connectivity index (χ1n) is 5.39. The van der Waals surface area contributed by atoms with Crippen molar-refractivity contribution in [2.24, 2.45) is 5.92 Å². The van der Waals surface area contributed by atoms with Crippen LogP contribution in [-0.2, 0) is 0 Å². The number of nitrogens with zero attached hydrogens (tertiary/aromatic N) is 1. The first-order chi connectivity index (χ1) is 6.36. The lowest BCUT2D eigenvalue weighted by atomic mass is 10.1. The summed E-state index contributed by atoms with van der Waals surface area (Å²) in [4.78, 5) is 2.66. The van der Waals surface area contributed by atoms with E-state index < -0.39 is 0 Å². The highest BCUT2D eigenvalue weighted by molar-refractivity contribution is 7.99. The van der Waals surface area contributed by atoms with Crippen LogP contribution in [0.5, 0.6) is 0 Å². The van der Waals surface area contributed by atoms with E-state index in [1.54, 1.807) is 0 Å². The summed E-state index contributed by atoms with van der Waals surface area (Å²) in [5.74, 6) is 3.77. The third-order valence-corrected chi connectivity index (χ3v) is 4.39. The fraction of sp³-hybridized carbons (Fsp3) is 1.00. The largest absolute Gasteiger partial charge is 0.314 e. The van der Waals surface area contributed by atoms with Crippen molar-refractivity contribution in [3.63, 3.8) is 0 Å². The molecule has 0 aromatic carbocycles. The average molecular weight is 200 g/mol. The van der Waals surface area contributed by atoms with E-state index in [1.165, 1.54) is 44.1 Å². The Balaban J connectivity index is 1.78. The summed E-state index contributed by atoms with van der Waals surface area (Å²) >= 11 is 2.13. The van der Waals surface area contributed by atoms with Gasteiger partial charge < -0.3 is 5.32 Å². The summed E-state index contributed by atoms with van der Waals surface area (Å²) in [6, 6.07) is 0.749. The molecule has 1 N–H and O–H groups in total. The number of hydrogen-bond donors (Lipinski definition) is 1. The minimum Gasteiger partial charge on any atom is -0.314 e. The maximum Gasteiger partial charge on any atom is 0.0193 e. The molecule has 0 bridgehead atoms. The van der Waals surface area contributed by atoms with Gasteiger partial charge in [-0.05, 0) is 30.8 Å². The van der Waals surface area contributed by atoms with Crippen molar-refractivity contribution in [3.05, 3.63) is 0 Å². The molecule has 13 heavy (non-hydrogen) atoms. The molecule has 2 aliphatic rings. The van der Waals surface area contributed by atoms with Crippen molar-refractivity contribution >= 4 is 11.8 Å². The molecule has 2 aliphatic heterocycles. The molecule has 0 aromatic rings. The highest BCUT2D eigenvalue weighted by atomic mass is 32.2. The molecule has 0 saturated carbocycles. The zero-order chi connectivity index (χ0) is 9.10. The second kappa shape index (κ2) is 4.67. The molecule has 2 atom stereocenters. The van der Waals surface area contributed by atoms with E-state index >= 15 is 0 Å². The quantitative estimate of drug-likeness (QED) is 0.717. The SMILES string of the molecule is C[C@@H]1CNCCN1CC1CCSC1. The maximum absolute atomic E-state index is 3.44. The minimum absolute atomic E-state index is 0.749. The number of piperazine rings is 1. The van der Waals surface area contributed by atoms with Crippen LogP contribution in [0.15, 0.2) is 0 Å². The topological polar surface area (TPSA) is 15.3 Å². The molecule has 1 unspecified atom stereocenters. The molecular formula is C10H20N2S. The highest BCUT2D eigenvalue weighted by Gasteiger charge is 2.23. The van der Waals surface area contributed by atoms with Gasteiger partial charge in [0, 0.05) is 32.2 Å². The molecule has 2 nitrogen and oxygen atoms in total. The van der Waals surface area contributed by atoms with Crippen LogP contribution >= 0.6 is 11.8 Å². The van der Waals surface area contributed by atoms with Gasteiger partial charge in [-0.15, -0.1) is 0 Å². The highest BCUT2D eigenvalue weighted by Crippen LogP contribution is 2.24. The molecule has 2 rings (SSSR count). The maximum atomic E-state index is 3.44. The molecule has 2 heterocycles. The Kier molecular flexibility index (Phi) is 3.52. The van der Waals surface area contributed by atoms with Crippen molar-refractivity contribution < 1.29 is 0 Å². The Morgan fingerprint density at radius 3 is 3.15 bits per heavy atom. The zero-order valence-corrected chi connectivity index (χ0v) is 9.28. The van der Waals surface area contributed by atoms with E-state index in [-0.39, 0.29) is 0 Å². The number of hydrogen-bond acceptors (Lipinski definition) is 3. The van der Waals surface area contributed by atoms with Crippen LogP contribution in [-0.4, -0.2) is 48.6 Å². The van der Waals surface area contributed by atoms with Crippen LogP contribution in [0, 0.1) is 5.92 Å². The first-order valence-corrected chi connectivity index (χ1v) is 6.54. The summed E-state index contributed by atoms with van der Waals surface area (Å²) < 4.78 is 0. The van der Waals surface area contributed by atoms with Crippen molar-refractivity contribution in [2.75, 3.05) is 37.7 Å². The summed E-state index contributed by atoms with van der Waals surface area (Å²) in [5.41, 5.74) is 0. The Bertz CT molecular complexity index is 157. The van der Waals surface area contributed by atoms with Gasteiger partial charge in [-0.1, -0.05) is 0 Å². The molecular weight excluding hydrogens is 180 g/mol. The predicted octanol–water partition coefficient (Wildman–Crippen LogP) is 1.03. The van der Waals surface area contributed by atoms with E-state index in [4.69, 9.17) is 0 Å². The molecule has 0 aliphatic carbocycles. The second-order valence-corrected chi connectivity index (χ2v) is 5.43. The summed E-state index contributed by atoms with van der Waals surface area (Å²) in [7, 11) is 0. The normalized spacial score (nSPS) is 36.7. The van der Waals surface area contributed by atoms with E-state index in [1.807, 2.05) is 0 Å². The van der Waals surface area contributed by atoms with Crippen molar-refractivity contribution in [1.82, 2.24) is 10.2 Å². The number of rotatable bonds is 2. The van der Waals surface area contributed by atoms with Gasteiger partial charge in [0.25, 0.3) is 0 Å². The van der Waals surface area contributed by atoms with Crippen molar-refractivity contribution in [3.8, 4) is 0 Å². The molecule has 0 amide bonds. The van der Waals surface area contributed by atoms with Crippen LogP contribution in [0.3, 0.4) is 0 Å². The molecule has 3 heteroatoms. The fourth-order valence-corrected chi connectivity index (χ4v) is 3.49. The van der Waals surface area contributed by atoms with Crippen molar-refractivity contribution in [1.29, 1.82) is 0 Å². The van der Waals surface area contributed by atoms with E-state index in [0.717, 1.165) is 12.0 Å². The Morgan fingerprint density at radius 2 is 2.46 bits per heavy atom. The predicted molar refractivity (Wildman–Crippen MR) is 59.3 cm³/mol. The van der Waals surface area contributed by atoms with Gasteiger partial charge in [-0.3, -0.25) is 4.90 Å². The van der Waals surface area contributed by atoms with E-state index in [0.29, 0.717) is 0 Å².